The summed E-state index contributed by atoms with van der Waals surface area (Å²) in [5.41, 5.74) is 0.184. The number of thiazole rings is 1. The minimum atomic E-state index is -3.74. The van der Waals surface area contributed by atoms with Crippen LogP contribution < -0.4 is 0 Å². The standard InChI is InChI=1S/C18H19N3O7S2/c1-6-10(13(18(25)26)21-12(6)11(7(2)22)16(21)24)9-5-20-14(8(3)23)19-15(17(20)29-9)30(4,27)28/h5-7,11-12,22H,1-4H3,(H,25,26)/t6?,7-,11-,12+/m1/s1. The number of aliphatic hydroxyl groups excluding tert-OH is 1. The molecule has 2 aliphatic heterocycles. The SMILES string of the molecule is CC(=O)c1nc(S(C)(=O)=O)c2sc(C3=C(C(=O)O)N4C(=O)[C@H]([C@@H](C)O)[C@@H]4C3C)cn12. The Morgan fingerprint density at radius 3 is 2.47 bits per heavy atom. The molecule has 4 heterocycles. The van der Waals surface area contributed by atoms with Gasteiger partial charge in [-0.2, -0.15) is 0 Å². The van der Waals surface area contributed by atoms with Crippen molar-refractivity contribution in [1.82, 2.24) is 14.3 Å². The second kappa shape index (κ2) is 6.46. The van der Waals surface area contributed by atoms with E-state index in [1.165, 1.54) is 29.3 Å². The van der Waals surface area contributed by atoms with Crippen LogP contribution in [-0.2, 0) is 19.4 Å². The van der Waals surface area contributed by atoms with Crippen LogP contribution in [0, 0.1) is 11.8 Å². The van der Waals surface area contributed by atoms with Gasteiger partial charge >= 0.3 is 5.97 Å². The molecule has 1 unspecified atom stereocenters. The molecule has 4 atom stereocenters. The van der Waals surface area contributed by atoms with Crippen LogP contribution in [0.4, 0.5) is 0 Å². The van der Waals surface area contributed by atoms with E-state index in [0.29, 0.717) is 10.5 Å². The summed E-state index contributed by atoms with van der Waals surface area (Å²) in [5, 5.41) is 19.5. The number of hydrogen-bond acceptors (Lipinski definition) is 8. The molecule has 1 saturated heterocycles. The van der Waals surface area contributed by atoms with E-state index in [0.717, 1.165) is 17.6 Å². The average Bonchev–Trinajstić information content (AvgIpc) is 3.21. The summed E-state index contributed by atoms with van der Waals surface area (Å²) in [6.07, 6.45) is 1.54. The highest BCUT2D eigenvalue weighted by Crippen LogP contribution is 2.51. The zero-order valence-electron chi connectivity index (χ0n) is 16.5. The Kier molecular flexibility index (Phi) is 4.46. The minimum Gasteiger partial charge on any atom is -0.477 e. The highest BCUT2D eigenvalue weighted by molar-refractivity contribution is 7.91. The monoisotopic (exact) mass is 453 g/mol. The van der Waals surface area contributed by atoms with E-state index in [2.05, 4.69) is 4.98 Å². The summed E-state index contributed by atoms with van der Waals surface area (Å²) in [6.45, 7) is 4.51. The number of rotatable bonds is 5. The molecule has 2 aliphatic rings. The van der Waals surface area contributed by atoms with Crippen molar-refractivity contribution in [2.45, 2.75) is 37.9 Å². The molecule has 160 valence electrons. The molecular formula is C18H19N3O7S2. The van der Waals surface area contributed by atoms with E-state index in [1.54, 1.807) is 6.92 Å². The number of carbonyl (C=O) groups excluding carboxylic acids is 2. The van der Waals surface area contributed by atoms with Crippen LogP contribution in [0.3, 0.4) is 0 Å². The summed E-state index contributed by atoms with van der Waals surface area (Å²) < 4.78 is 25.7. The lowest BCUT2D eigenvalue weighted by Gasteiger charge is -2.46. The van der Waals surface area contributed by atoms with E-state index in [4.69, 9.17) is 0 Å². The van der Waals surface area contributed by atoms with Gasteiger partial charge in [-0.1, -0.05) is 6.92 Å². The Bertz CT molecular complexity index is 1270. The second-order valence-corrected chi connectivity index (χ2v) is 10.6. The normalized spacial score (nSPS) is 24.9. The molecule has 0 radical (unpaired) electrons. The number of ketones is 1. The highest BCUT2D eigenvalue weighted by atomic mass is 32.2. The van der Waals surface area contributed by atoms with Crippen molar-refractivity contribution in [3.8, 4) is 0 Å². The first kappa shape index (κ1) is 20.7. The largest absolute Gasteiger partial charge is 0.477 e. The Labute approximate surface area is 175 Å². The fourth-order valence-electron chi connectivity index (χ4n) is 4.37. The number of β-lactam (4-membered cyclic amide) rings is 1. The van der Waals surface area contributed by atoms with E-state index >= 15 is 0 Å². The first-order chi connectivity index (χ1) is 13.9. The Hall–Kier alpha value is -2.57. The summed E-state index contributed by atoms with van der Waals surface area (Å²) >= 11 is 1.00. The molecule has 0 aromatic carbocycles. The summed E-state index contributed by atoms with van der Waals surface area (Å²) in [4.78, 5) is 42.3. The van der Waals surface area contributed by atoms with Gasteiger partial charge in [0.25, 0.3) is 0 Å². The van der Waals surface area contributed by atoms with Crippen LogP contribution in [0.25, 0.3) is 10.4 Å². The number of hydrogen-bond donors (Lipinski definition) is 2. The lowest BCUT2D eigenvalue weighted by molar-refractivity contribution is -0.163. The van der Waals surface area contributed by atoms with Crippen molar-refractivity contribution < 1.29 is 33.0 Å². The third-order valence-electron chi connectivity index (χ3n) is 5.60. The van der Waals surface area contributed by atoms with E-state index in [9.17, 15) is 33.0 Å². The second-order valence-electron chi connectivity index (χ2n) is 7.66. The third-order valence-corrected chi connectivity index (χ3v) is 7.84. The van der Waals surface area contributed by atoms with Gasteiger partial charge in [0.1, 0.15) is 10.5 Å². The molecule has 2 aromatic rings. The number of sulfone groups is 1. The fourth-order valence-corrected chi connectivity index (χ4v) is 6.74. The number of nitrogens with zero attached hydrogens (tertiary/aromatic N) is 3. The number of aromatic nitrogens is 2. The van der Waals surface area contributed by atoms with Crippen LogP contribution in [0.2, 0.25) is 0 Å². The van der Waals surface area contributed by atoms with Crippen LogP contribution in [-0.4, -0.2) is 69.0 Å². The summed E-state index contributed by atoms with van der Waals surface area (Å²) in [6, 6.07) is -0.500. The van der Waals surface area contributed by atoms with Gasteiger partial charge in [-0.3, -0.25) is 14.0 Å². The summed E-state index contributed by atoms with van der Waals surface area (Å²) in [7, 11) is -3.74. The van der Waals surface area contributed by atoms with Crippen molar-refractivity contribution in [2.24, 2.45) is 11.8 Å². The molecule has 0 bridgehead atoms. The highest BCUT2D eigenvalue weighted by Gasteiger charge is 2.60. The molecule has 2 N–H and O–H groups in total. The van der Waals surface area contributed by atoms with Crippen molar-refractivity contribution in [2.75, 3.05) is 6.26 Å². The Morgan fingerprint density at radius 1 is 1.33 bits per heavy atom. The lowest BCUT2D eigenvalue weighted by Crippen LogP contribution is -2.63. The first-order valence-electron chi connectivity index (χ1n) is 9.08. The first-order valence-corrected chi connectivity index (χ1v) is 11.8. The maximum atomic E-state index is 12.5. The Morgan fingerprint density at radius 2 is 1.97 bits per heavy atom. The number of imidazole rings is 1. The van der Waals surface area contributed by atoms with Gasteiger partial charge < -0.3 is 15.1 Å². The topological polar surface area (TPSA) is 146 Å². The molecule has 4 rings (SSSR count). The summed E-state index contributed by atoms with van der Waals surface area (Å²) in [5.74, 6) is -3.38. The zero-order chi connectivity index (χ0) is 22.3. The molecule has 0 aliphatic carbocycles. The van der Waals surface area contributed by atoms with Crippen LogP contribution in [0.1, 0.15) is 36.3 Å². The van der Waals surface area contributed by atoms with Crippen LogP contribution in [0.5, 0.6) is 0 Å². The van der Waals surface area contributed by atoms with Gasteiger partial charge in [-0.15, -0.1) is 11.3 Å². The molecule has 2 aromatic heterocycles. The molecular weight excluding hydrogens is 434 g/mol. The van der Waals surface area contributed by atoms with Crippen molar-refractivity contribution in [3.05, 3.63) is 22.6 Å². The number of aliphatic hydroxyl groups is 1. The minimum absolute atomic E-state index is 0.0720. The third kappa shape index (κ3) is 2.67. The number of carboxylic acids is 1. The van der Waals surface area contributed by atoms with Gasteiger partial charge in [0.2, 0.25) is 5.91 Å². The van der Waals surface area contributed by atoms with Gasteiger partial charge in [0.15, 0.2) is 26.5 Å². The molecule has 30 heavy (non-hydrogen) atoms. The molecule has 1 fully saturated rings. The van der Waals surface area contributed by atoms with E-state index < -0.39 is 51.5 Å². The van der Waals surface area contributed by atoms with E-state index in [-0.39, 0.29) is 21.4 Å². The molecule has 1 amide bonds. The van der Waals surface area contributed by atoms with Gasteiger partial charge in [0.05, 0.1) is 22.9 Å². The molecule has 12 heteroatoms. The van der Waals surface area contributed by atoms with Gasteiger partial charge in [0, 0.05) is 30.9 Å². The van der Waals surface area contributed by atoms with Crippen LogP contribution >= 0.6 is 11.3 Å². The lowest BCUT2D eigenvalue weighted by atomic mass is 9.77. The number of Topliss-reactive ketones (excluding diaryl/α,β-unsaturated/α-hetero) is 1. The molecule has 0 spiro atoms. The van der Waals surface area contributed by atoms with Crippen molar-refractivity contribution in [1.29, 1.82) is 0 Å². The molecule has 0 saturated carbocycles. The average molecular weight is 453 g/mol. The van der Waals surface area contributed by atoms with Crippen molar-refractivity contribution in [3.63, 3.8) is 0 Å². The smallest absolute Gasteiger partial charge is 0.352 e. The zero-order valence-corrected chi connectivity index (χ0v) is 18.1. The predicted octanol–water partition coefficient (Wildman–Crippen LogP) is 0.655. The molecule has 10 nitrogen and oxygen atoms in total. The number of carbonyl (C=O) groups is 3. The number of aliphatic carboxylic acids is 1. The predicted molar refractivity (Wildman–Crippen MR) is 106 cm³/mol. The van der Waals surface area contributed by atoms with E-state index in [1.807, 2.05) is 0 Å². The van der Waals surface area contributed by atoms with Crippen molar-refractivity contribution >= 4 is 49.2 Å². The maximum Gasteiger partial charge on any atom is 0.352 e. The van der Waals surface area contributed by atoms with Gasteiger partial charge in [-0.05, 0) is 6.92 Å². The number of amides is 1. The number of carboxylic acid groups (broad SMARTS) is 1. The fraction of sp³-hybridized carbons (Fsp3) is 0.444. The quantitative estimate of drug-likeness (QED) is 0.496. The van der Waals surface area contributed by atoms with Crippen LogP contribution in [0.15, 0.2) is 16.9 Å². The Balaban J connectivity index is 1.95. The van der Waals surface area contributed by atoms with Gasteiger partial charge in [-0.25, -0.2) is 18.2 Å². The number of fused-ring (bicyclic) bond motifs is 2. The maximum absolute atomic E-state index is 12.5.